The lowest BCUT2D eigenvalue weighted by Gasteiger charge is -2.31. The molecule has 5 heteroatoms. The van der Waals surface area contributed by atoms with Crippen LogP contribution >= 0.6 is 11.6 Å². The van der Waals surface area contributed by atoms with Crippen LogP contribution in [0, 0.1) is 12.8 Å². The summed E-state index contributed by atoms with van der Waals surface area (Å²) in [5.74, 6) is 0.327. The molecule has 1 fully saturated rings. The lowest BCUT2D eigenvalue weighted by atomic mass is 9.89. The predicted molar refractivity (Wildman–Crippen MR) is 105 cm³/mol. The number of carbonyl (C=O) groups excluding carboxylic acids is 2. The third-order valence-corrected chi connectivity index (χ3v) is 5.62. The Morgan fingerprint density at radius 2 is 1.74 bits per heavy atom. The first-order chi connectivity index (χ1) is 13.1. The number of fused-ring (bicyclic) bond motifs is 1. The first-order valence-corrected chi connectivity index (χ1v) is 9.50. The highest BCUT2D eigenvalue weighted by Gasteiger charge is 2.30. The molecule has 0 spiro atoms. The third kappa shape index (κ3) is 3.26. The van der Waals surface area contributed by atoms with E-state index in [9.17, 15) is 9.59 Å². The Labute approximate surface area is 162 Å². The molecule has 138 valence electrons. The molecule has 0 radical (unpaired) electrons. The molecule has 4 rings (SSSR count). The van der Waals surface area contributed by atoms with Gasteiger partial charge >= 0.3 is 0 Å². The topological polar surface area (TPSA) is 50.5 Å². The minimum absolute atomic E-state index is 0.0392. The molecule has 0 atom stereocenters. The van der Waals surface area contributed by atoms with Crippen LogP contribution in [0.5, 0.6) is 0 Å². The van der Waals surface area contributed by atoms with E-state index < -0.39 is 0 Å². The van der Waals surface area contributed by atoms with E-state index in [-0.39, 0.29) is 17.6 Å². The van der Waals surface area contributed by atoms with Gasteiger partial charge in [-0.1, -0.05) is 54.1 Å². The lowest BCUT2D eigenvalue weighted by Crippen LogP contribution is -2.40. The van der Waals surface area contributed by atoms with Crippen LogP contribution in [0.15, 0.2) is 52.9 Å². The van der Waals surface area contributed by atoms with E-state index in [1.54, 1.807) is 11.0 Å². The Bertz CT molecular complexity index is 1000. The molecule has 1 aliphatic rings. The molecule has 1 saturated heterocycles. The van der Waals surface area contributed by atoms with Crippen LogP contribution in [0.4, 0.5) is 0 Å². The van der Waals surface area contributed by atoms with Gasteiger partial charge in [-0.3, -0.25) is 9.59 Å². The second kappa shape index (κ2) is 7.20. The summed E-state index contributed by atoms with van der Waals surface area (Å²) in [4.78, 5) is 27.3. The van der Waals surface area contributed by atoms with E-state index in [1.165, 1.54) is 0 Å². The summed E-state index contributed by atoms with van der Waals surface area (Å²) >= 11 is 6.19. The SMILES string of the molecule is Cc1c(C(=O)N2CCC(C(=O)c3ccccc3)CC2)oc2c(Cl)cccc12. The van der Waals surface area contributed by atoms with Gasteiger partial charge in [0.15, 0.2) is 17.1 Å². The van der Waals surface area contributed by atoms with Crippen molar-refractivity contribution < 1.29 is 14.0 Å². The van der Waals surface area contributed by atoms with Crippen molar-refractivity contribution in [1.29, 1.82) is 0 Å². The van der Waals surface area contributed by atoms with Gasteiger partial charge in [-0.25, -0.2) is 0 Å². The number of amides is 1. The van der Waals surface area contributed by atoms with Gasteiger partial charge in [0.2, 0.25) is 0 Å². The molecule has 0 saturated carbocycles. The van der Waals surface area contributed by atoms with E-state index in [0.717, 1.165) is 16.5 Å². The summed E-state index contributed by atoms with van der Waals surface area (Å²) in [6.07, 6.45) is 1.33. The van der Waals surface area contributed by atoms with Gasteiger partial charge in [0.1, 0.15) is 0 Å². The molecule has 1 amide bonds. The van der Waals surface area contributed by atoms with Crippen LogP contribution in [0.1, 0.15) is 39.3 Å². The smallest absolute Gasteiger partial charge is 0.289 e. The maximum atomic E-state index is 13.0. The number of para-hydroxylation sites is 1. The minimum atomic E-state index is -0.134. The zero-order valence-electron chi connectivity index (χ0n) is 15.1. The summed E-state index contributed by atoms with van der Waals surface area (Å²) in [6.45, 7) is 2.97. The normalized spacial score (nSPS) is 15.3. The highest BCUT2D eigenvalue weighted by molar-refractivity contribution is 6.35. The van der Waals surface area contributed by atoms with Crippen LogP contribution in [0.3, 0.4) is 0 Å². The Balaban J connectivity index is 1.49. The van der Waals surface area contributed by atoms with Crippen LogP contribution in [0.2, 0.25) is 5.02 Å². The highest BCUT2D eigenvalue weighted by atomic mass is 35.5. The molecule has 27 heavy (non-hydrogen) atoms. The number of likely N-dealkylation sites (tertiary alicyclic amines) is 1. The molecule has 3 aromatic rings. The molecule has 0 aliphatic carbocycles. The Kier molecular flexibility index (Phi) is 4.75. The van der Waals surface area contributed by atoms with E-state index in [0.29, 0.717) is 42.3 Å². The highest BCUT2D eigenvalue weighted by Crippen LogP contribution is 2.32. The number of nitrogens with zero attached hydrogens (tertiary/aromatic N) is 1. The van der Waals surface area contributed by atoms with Crippen LogP contribution in [0.25, 0.3) is 11.0 Å². The van der Waals surface area contributed by atoms with E-state index >= 15 is 0 Å². The lowest BCUT2D eigenvalue weighted by molar-refractivity contribution is 0.0625. The number of furan rings is 1. The molecule has 4 nitrogen and oxygen atoms in total. The van der Waals surface area contributed by atoms with Gasteiger partial charge in [-0.2, -0.15) is 0 Å². The standard InChI is InChI=1S/C22H20ClNO3/c1-14-17-8-5-9-18(23)21(17)27-20(14)22(26)24-12-10-16(11-13-24)19(25)15-6-3-2-4-7-15/h2-9,16H,10-13H2,1H3. The van der Waals surface area contributed by atoms with Crippen LogP contribution < -0.4 is 0 Å². The number of carbonyl (C=O) groups is 2. The molecule has 0 bridgehead atoms. The van der Waals surface area contributed by atoms with Crippen molar-refractivity contribution in [2.24, 2.45) is 5.92 Å². The largest absolute Gasteiger partial charge is 0.449 e. The summed E-state index contributed by atoms with van der Waals surface area (Å²) in [5.41, 5.74) is 2.10. The average molecular weight is 382 g/mol. The average Bonchev–Trinajstić information content (AvgIpc) is 3.06. The quantitative estimate of drug-likeness (QED) is 0.591. The van der Waals surface area contributed by atoms with E-state index in [1.807, 2.05) is 49.4 Å². The van der Waals surface area contributed by atoms with Gasteiger partial charge in [-0.15, -0.1) is 0 Å². The Morgan fingerprint density at radius 1 is 1.04 bits per heavy atom. The molecule has 1 aliphatic heterocycles. The van der Waals surface area contributed by atoms with Gasteiger partial charge in [0, 0.05) is 35.5 Å². The summed E-state index contributed by atoms with van der Waals surface area (Å²) < 4.78 is 5.80. The minimum Gasteiger partial charge on any atom is -0.449 e. The number of halogens is 1. The number of benzene rings is 2. The number of aryl methyl sites for hydroxylation is 1. The first-order valence-electron chi connectivity index (χ1n) is 9.12. The summed E-state index contributed by atoms with van der Waals surface area (Å²) in [7, 11) is 0. The van der Waals surface area contributed by atoms with Crippen molar-refractivity contribution in [3.63, 3.8) is 0 Å². The van der Waals surface area contributed by atoms with Gasteiger partial charge in [0.05, 0.1) is 5.02 Å². The number of piperidine rings is 1. The monoisotopic (exact) mass is 381 g/mol. The number of rotatable bonds is 3. The Hall–Kier alpha value is -2.59. The van der Waals surface area contributed by atoms with Crippen molar-refractivity contribution in [2.45, 2.75) is 19.8 Å². The fourth-order valence-electron chi connectivity index (χ4n) is 3.74. The van der Waals surface area contributed by atoms with Gasteiger partial charge in [0.25, 0.3) is 5.91 Å². The van der Waals surface area contributed by atoms with Crippen LogP contribution in [-0.2, 0) is 0 Å². The van der Waals surface area contributed by atoms with Gasteiger partial charge in [-0.05, 0) is 25.8 Å². The van der Waals surface area contributed by atoms with Crippen molar-refractivity contribution in [3.8, 4) is 0 Å². The zero-order valence-corrected chi connectivity index (χ0v) is 15.8. The first kappa shape index (κ1) is 17.8. The van der Waals surface area contributed by atoms with Crippen molar-refractivity contribution in [2.75, 3.05) is 13.1 Å². The second-order valence-corrected chi connectivity index (χ2v) is 7.38. The predicted octanol–water partition coefficient (Wildman–Crippen LogP) is 5.13. The maximum Gasteiger partial charge on any atom is 0.289 e. The molecule has 0 unspecified atom stereocenters. The van der Waals surface area contributed by atoms with E-state index in [4.69, 9.17) is 16.0 Å². The molecular weight excluding hydrogens is 362 g/mol. The fourth-order valence-corrected chi connectivity index (χ4v) is 3.95. The summed E-state index contributed by atoms with van der Waals surface area (Å²) in [6, 6.07) is 14.9. The second-order valence-electron chi connectivity index (χ2n) is 6.97. The number of Topliss-reactive ketones (excluding diaryl/α,β-unsaturated/α-hetero) is 1. The van der Waals surface area contributed by atoms with Crippen LogP contribution in [-0.4, -0.2) is 29.7 Å². The van der Waals surface area contributed by atoms with Gasteiger partial charge < -0.3 is 9.32 Å². The molecular formula is C22H20ClNO3. The van der Waals surface area contributed by atoms with Crippen molar-refractivity contribution in [1.82, 2.24) is 4.90 Å². The number of ketones is 1. The maximum absolute atomic E-state index is 13.0. The zero-order chi connectivity index (χ0) is 19.0. The molecule has 2 heterocycles. The van der Waals surface area contributed by atoms with Crippen molar-refractivity contribution in [3.05, 3.63) is 70.4 Å². The molecule has 2 aromatic carbocycles. The van der Waals surface area contributed by atoms with E-state index in [2.05, 4.69) is 0 Å². The number of hydrogen-bond donors (Lipinski definition) is 0. The summed E-state index contributed by atoms with van der Waals surface area (Å²) in [5, 5.41) is 1.36. The molecule has 1 aromatic heterocycles. The number of hydrogen-bond acceptors (Lipinski definition) is 3. The Morgan fingerprint density at radius 3 is 2.41 bits per heavy atom. The van der Waals surface area contributed by atoms with Crippen molar-refractivity contribution >= 4 is 34.3 Å². The third-order valence-electron chi connectivity index (χ3n) is 5.32. The molecule has 0 N–H and O–H groups in total. The fraction of sp³-hybridized carbons (Fsp3) is 0.273.